The third-order valence-electron chi connectivity index (χ3n) is 5.36. The van der Waals surface area contributed by atoms with Gasteiger partial charge in [0.1, 0.15) is 0 Å². The summed E-state index contributed by atoms with van der Waals surface area (Å²) < 4.78 is 0. The molecule has 23 heavy (non-hydrogen) atoms. The number of hydrogen-bond donors (Lipinski definition) is 2. The minimum Gasteiger partial charge on any atom is -0.342 e. The normalized spacial score (nSPS) is 25.3. The van der Waals surface area contributed by atoms with E-state index in [2.05, 4.69) is 24.3 Å². The number of carbonyl (C=O) groups is 2. The monoisotopic (exact) mass is 316 g/mol. The molecule has 1 aliphatic carbocycles. The topological polar surface area (TPSA) is 69.6 Å². The molecule has 0 aromatic heterocycles. The lowest BCUT2D eigenvalue weighted by molar-refractivity contribution is -0.144. The Kier molecular flexibility index (Phi) is 4.96. The molecule has 0 unspecified atom stereocenters. The summed E-state index contributed by atoms with van der Waals surface area (Å²) in [6.07, 6.45) is 4.24. The first-order valence-corrected chi connectivity index (χ1v) is 8.48. The average Bonchev–Trinajstić information content (AvgIpc) is 3.11. The highest BCUT2D eigenvalue weighted by Gasteiger charge is 2.40. The summed E-state index contributed by atoms with van der Waals surface area (Å²) >= 11 is 0. The Morgan fingerprint density at radius 1 is 1.00 bits per heavy atom. The quantitative estimate of drug-likeness (QED) is 0.664. The van der Waals surface area contributed by atoms with Gasteiger partial charge in [-0.3, -0.25) is 14.8 Å². The first kappa shape index (κ1) is 16.0. The van der Waals surface area contributed by atoms with Crippen molar-refractivity contribution in [2.75, 3.05) is 13.1 Å². The Balaban J connectivity index is 1.59. The van der Waals surface area contributed by atoms with E-state index in [1.165, 1.54) is 5.56 Å². The SMILES string of the molecule is O=C(NO)[C@@H]1CCC[C@H]1C(=O)N1CCC(c2ccccc2)CC1. The number of hydroxylamine groups is 1. The van der Waals surface area contributed by atoms with Crippen LogP contribution >= 0.6 is 0 Å². The molecular weight excluding hydrogens is 292 g/mol. The lowest BCUT2D eigenvalue weighted by Crippen LogP contribution is -2.44. The van der Waals surface area contributed by atoms with Gasteiger partial charge < -0.3 is 4.90 Å². The van der Waals surface area contributed by atoms with Gasteiger partial charge in [-0.2, -0.15) is 0 Å². The maximum atomic E-state index is 12.7. The maximum Gasteiger partial charge on any atom is 0.247 e. The molecule has 5 nitrogen and oxygen atoms in total. The zero-order chi connectivity index (χ0) is 16.2. The van der Waals surface area contributed by atoms with E-state index in [4.69, 9.17) is 5.21 Å². The van der Waals surface area contributed by atoms with E-state index < -0.39 is 5.91 Å². The number of benzene rings is 1. The van der Waals surface area contributed by atoms with Crippen molar-refractivity contribution in [3.8, 4) is 0 Å². The maximum absolute atomic E-state index is 12.7. The Hall–Kier alpha value is -1.88. The fourth-order valence-corrected chi connectivity index (χ4v) is 4.05. The van der Waals surface area contributed by atoms with Crippen LogP contribution in [0.25, 0.3) is 0 Å². The number of rotatable bonds is 3. The molecule has 124 valence electrons. The molecule has 1 saturated heterocycles. The van der Waals surface area contributed by atoms with Crippen molar-refractivity contribution in [3.63, 3.8) is 0 Å². The molecule has 2 N–H and O–H groups in total. The lowest BCUT2D eigenvalue weighted by atomic mass is 9.88. The highest BCUT2D eigenvalue weighted by molar-refractivity contribution is 5.87. The summed E-state index contributed by atoms with van der Waals surface area (Å²) in [5.41, 5.74) is 3.06. The number of carbonyl (C=O) groups excluding carboxylic acids is 2. The molecule has 1 aromatic rings. The van der Waals surface area contributed by atoms with Crippen molar-refractivity contribution < 1.29 is 14.8 Å². The molecule has 3 rings (SSSR count). The summed E-state index contributed by atoms with van der Waals surface area (Å²) in [6, 6.07) is 10.4. The molecule has 1 aliphatic heterocycles. The van der Waals surface area contributed by atoms with Crippen LogP contribution in [-0.4, -0.2) is 35.0 Å². The van der Waals surface area contributed by atoms with Crippen LogP contribution in [0.1, 0.15) is 43.6 Å². The summed E-state index contributed by atoms with van der Waals surface area (Å²) in [4.78, 5) is 26.4. The standard InChI is InChI=1S/C18H24N2O3/c21-17(19-23)15-7-4-8-16(15)18(22)20-11-9-14(10-12-20)13-5-2-1-3-6-13/h1-3,5-6,14-16,23H,4,7-12H2,(H,19,21)/t15-,16-/m1/s1. The van der Waals surface area contributed by atoms with Crippen LogP contribution in [-0.2, 0) is 9.59 Å². The second-order valence-corrected chi connectivity index (χ2v) is 6.63. The molecule has 5 heteroatoms. The molecule has 0 spiro atoms. The number of piperidine rings is 1. The van der Waals surface area contributed by atoms with E-state index in [1.54, 1.807) is 5.48 Å². The van der Waals surface area contributed by atoms with E-state index in [0.29, 0.717) is 12.3 Å². The van der Waals surface area contributed by atoms with Crippen LogP contribution < -0.4 is 5.48 Å². The highest BCUT2D eigenvalue weighted by Crippen LogP contribution is 2.35. The van der Waals surface area contributed by atoms with Gasteiger partial charge in [-0.15, -0.1) is 0 Å². The van der Waals surface area contributed by atoms with Gasteiger partial charge in [-0.25, -0.2) is 5.48 Å². The van der Waals surface area contributed by atoms with E-state index in [9.17, 15) is 9.59 Å². The predicted molar refractivity (Wildman–Crippen MR) is 85.8 cm³/mol. The number of hydrogen-bond acceptors (Lipinski definition) is 3. The van der Waals surface area contributed by atoms with Crippen LogP contribution in [0, 0.1) is 11.8 Å². The molecule has 2 aliphatic rings. The van der Waals surface area contributed by atoms with Crippen molar-refractivity contribution in [2.45, 2.75) is 38.0 Å². The number of likely N-dealkylation sites (tertiary alicyclic amines) is 1. The Bertz CT molecular complexity index is 553. The van der Waals surface area contributed by atoms with Gasteiger partial charge in [0.2, 0.25) is 11.8 Å². The fraction of sp³-hybridized carbons (Fsp3) is 0.556. The minimum absolute atomic E-state index is 0.0858. The van der Waals surface area contributed by atoms with Gasteiger partial charge in [0.25, 0.3) is 0 Å². The van der Waals surface area contributed by atoms with E-state index in [1.807, 2.05) is 11.0 Å². The lowest BCUT2D eigenvalue weighted by Gasteiger charge is -2.34. The summed E-state index contributed by atoms with van der Waals surface area (Å²) in [7, 11) is 0. The van der Waals surface area contributed by atoms with E-state index in [0.717, 1.165) is 38.8 Å². The van der Waals surface area contributed by atoms with Crippen molar-refractivity contribution in [1.82, 2.24) is 10.4 Å². The molecule has 2 amide bonds. The number of amides is 2. The number of nitrogens with one attached hydrogen (secondary N) is 1. The van der Waals surface area contributed by atoms with Crippen molar-refractivity contribution in [3.05, 3.63) is 35.9 Å². The minimum atomic E-state index is -0.417. The van der Waals surface area contributed by atoms with Gasteiger partial charge in [0.05, 0.1) is 5.92 Å². The third kappa shape index (κ3) is 3.39. The van der Waals surface area contributed by atoms with Crippen LogP contribution in [0.3, 0.4) is 0 Å². The molecule has 2 fully saturated rings. The van der Waals surface area contributed by atoms with E-state index >= 15 is 0 Å². The van der Waals surface area contributed by atoms with Crippen LogP contribution in [0.4, 0.5) is 0 Å². The zero-order valence-corrected chi connectivity index (χ0v) is 13.3. The smallest absolute Gasteiger partial charge is 0.247 e. The highest BCUT2D eigenvalue weighted by atomic mass is 16.5. The Labute approximate surface area is 136 Å². The molecule has 0 radical (unpaired) electrons. The average molecular weight is 316 g/mol. The van der Waals surface area contributed by atoms with E-state index in [-0.39, 0.29) is 17.7 Å². The molecule has 0 bridgehead atoms. The molecule has 1 saturated carbocycles. The van der Waals surface area contributed by atoms with Crippen LogP contribution in [0.5, 0.6) is 0 Å². The van der Waals surface area contributed by atoms with Gasteiger partial charge in [0.15, 0.2) is 0 Å². The second kappa shape index (κ2) is 7.13. The Morgan fingerprint density at radius 3 is 2.30 bits per heavy atom. The number of nitrogens with zero attached hydrogens (tertiary/aromatic N) is 1. The largest absolute Gasteiger partial charge is 0.342 e. The predicted octanol–water partition coefficient (Wildman–Crippen LogP) is 2.31. The van der Waals surface area contributed by atoms with Crippen LogP contribution in [0.15, 0.2) is 30.3 Å². The van der Waals surface area contributed by atoms with Crippen molar-refractivity contribution >= 4 is 11.8 Å². The first-order chi connectivity index (χ1) is 11.2. The van der Waals surface area contributed by atoms with Gasteiger partial charge >= 0.3 is 0 Å². The fourth-order valence-electron chi connectivity index (χ4n) is 4.05. The third-order valence-corrected chi connectivity index (χ3v) is 5.36. The summed E-state index contributed by atoms with van der Waals surface area (Å²) in [5.74, 6) is -0.460. The summed E-state index contributed by atoms with van der Waals surface area (Å²) in [5, 5.41) is 8.84. The first-order valence-electron chi connectivity index (χ1n) is 8.48. The van der Waals surface area contributed by atoms with Gasteiger partial charge in [-0.1, -0.05) is 36.8 Å². The van der Waals surface area contributed by atoms with Gasteiger partial charge in [0, 0.05) is 19.0 Å². The van der Waals surface area contributed by atoms with Crippen LogP contribution in [0.2, 0.25) is 0 Å². The second-order valence-electron chi connectivity index (χ2n) is 6.63. The summed E-state index contributed by atoms with van der Waals surface area (Å²) in [6.45, 7) is 1.50. The molecule has 1 aromatic carbocycles. The zero-order valence-electron chi connectivity index (χ0n) is 13.3. The Morgan fingerprint density at radius 2 is 1.65 bits per heavy atom. The van der Waals surface area contributed by atoms with Crippen molar-refractivity contribution in [2.24, 2.45) is 11.8 Å². The molecule has 1 heterocycles. The van der Waals surface area contributed by atoms with Gasteiger partial charge in [-0.05, 0) is 37.2 Å². The molecule has 2 atom stereocenters. The molecular formula is C18H24N2O3. The van der Waals surface area contributed by atoms with Crippen molar-refractivity contribution in [1.29, 1.82) is 0 Å².